The molecule has 42 heavy (non-hydrogen) atoms. The zero-order valence-electron chi connectivity index (χ0n) is 24.2. The van der Waals surface area contributed by atoms with E-state index in [0.29, 0.717) is 24.5 Å². The predicted molar refractivity (Wildman–Crippen MR) is 160 cm³/mol. The first-order valence-corrected chi connectivity index (χ1v) is 14.0. The molecular formula is C33H34N4O5. The predicted octanol–water partition coefficient (Wildman–Crippen LogP) is 5.97. The minimum absolute atomic E-state index is 0.217. The Morgan fingerprint density at radius 3 is 2.31 bits per heavy atom. The highest BCUT2D eigenvalue weighted by Crippen LogP contribution is 2.35. The minimum atomic E-state index is -1.32. The van der Waals surface area contributed by atoms with Crippen LogP contribution in [0.3, 0.4) is 0 Å². The van der Waals surface area contributed by atoms with E-state index >= 15 is 0 Å². The topological polar surface area (TPSA) is 123 Å². The van der Waals surface area contributed by atoms with Gasteiger partial charge in [0.2, 0.25) is 0 Å². The number of rotatable bonds is 10. The molecule has 0 spiro atoms. The Morgan fingerprint density at radius 1 is 0.976 bits per heavy atom. The van der Waals surface area contributed by atoms with Crippen molar-refractivity contribution in [2.24, 2.45) is 0 Å². The number of esters is 1. The van der Waals surface area contributed by atoms with Gasteiger partial charge in [0.1, 0.15) is 17.1 Å². The molecule has 3 aromatic carbocycles. The fraction of sp³-hybridized carbons (Fsp3) is 0.273. The number of nitrogens with zero attached hydrogens (tertiary/aromatic N) is 3. The Balaban J connectivity index is 1.56. The molecule has 0 saturated heterocycles. The second-order valence-corrected chi connectivity index (χ2v) is 10.6. The lowest BCUT2D eigenvalue weighted by Crippen LogP contribution is -2.23. The van der Waals surface area contributed by atoms with Crippen LogP contribution in [-0.4, -0.2) is 37.4 Å². The lowest BCUT2D eigenvalue weighted by atomic mass is 9.93. The molecule has 0 aliphatic heterocycles. The van der Waals surface area contributed by atoms with Crippen LogP contribution in [0.5, 0.6) is 0 Å². The zero-order chi connectivity index (χ0) is 29.9. The van der Waals surface area contributed by atoms with Crippen LogP contribution in [-0.2, 0) is 23.3 Å². The molecule has 0 aliphatic carbocycles. The highest BCUT2D eigenvalue weighted by molar-refractivity contribution is 5.89. The average Bonchev–Trinajstić information content (AvgIpc) is 3.57. The highest BCUT2D eigenvalue weighted by atomic mass is 16.5. The van der Waals surface area contributed by atoms with Crippen molar-refractivity contribution in [2.75, 3.05) is 6.61 Å². The number of carbonyl (C=O) groups is 1. The number of hydrogen-bond acceptors (Lipinski definition) is 7. The second-order valence-electron chi connectivity index (χ2n) is 10.6. The van der Waals surface area contributed by atoms with Gasteiger partial charge < -0.3 is 14.4 Å². The summed E-state index contributed by atoms with van der Waals surface area (Å²) >= 11 is 0. The summed E-state index contributed by atoms with van der Waals surface area (Å²) in [6, 6.07) is 24.0. The summed E-state index contributed by atoms with van der Waals surface area (Å²) in [5, 5.41) is 14.8. The molecule has 9 nitrogen and oxygen atoms in total. The largest absolute Gasteiger partial charge is 0.461 e. The number of aromatic amines is 1. The molecule has 0 amide bonds. The van der Waals surface area contributed by atoms with Crippen LogP contribution in [0.1, 0.15) is 61.7 Å². The van der Waals surface area contributed by atoms with E-state index in [1.54, 1.807) is 20.8 Å². The molecule has 0 fully saturated rings. The summed E-state index contributed by atoms with van der Waals surface area (Å²) in [5.41, 5.74) is 4.80. The molecule has 2 heterocycles. The molecule has 9 heteroatoms. The summed E-state index contributed by atoms with van der Waals surface area (Å²) in [5.74, 6) is -0.0660. The number of aryl methyl sites for hydroxylation is 1. The Labute approximate surface area is 243 Å². The lowest BCUT2D eigenvalue weighted by Gasteiger charge is -2.17. The van der Waals surface area contributed by atoms with E-state index in [-0.39, 0.29) is 12.3 Å². The minimum Gasteiger partial charge on any atom is -0.461 e. The van der Waals surface area contributed by atoms with Crippen LogP contribution < -0.4 is 5.76 Å². The fourth-order valence-electron chi connectivity index (χ4n) is 5.03. The summed E-state index contributed by atoms with van der Waals surface area (Å²) in [6.07, 6.45) is 1.47. The number of H-pyrrole nitrogens is 1. The van der Waals surface area contributed by atoms with E-state index in [9.17, 15) is 14.7 Å². The van der Waals surface area contributed by atoms with Crippen molar-refractivity contribution in [1.82, 2.24) is 19.7 Å². The number of nitrogens with one attached hydrogen (secondary N) is 1. The first-order chi connectivity index (χ1) is 20.2. The number of carbonyl (C=O) groups excluding carboxylic acids is 1. The molecular weight excluding hydrogens is 532 g/mol. The molecule has 2 aromatic heterocycles. The van der Waals surface area contributed by atoms with E-state index in [4.69, 9.17) is 9.26 Å². The first-order valence-electron chi connectivity index (χ1n) is 14.0. The molecule has 2 N–H and O–H groups in total. The van der Waals surface area contributed by atoms with Crippen molar-refractivity contribution in [3.05, 3.63) is 106 Å². The molecule has 0 unspecified atom stereocenters. The third-order valence-electron chi connectivity index (χ3n) is 7.00. The number of ether oxygens (including phenoxy) is 1. The second kappa shape index (κ2) is 12.0. The standard InChI is InChI=1S/C33H34N4O5/c1-5-10-27-34-29(33(3,4)40)28(31(38)41-6-2)37(27)20-21-13-15-23(16-14-21)26-19-24(22-11-8-7-9-12-22)17-18-25(26)30-35-32(39)42-36-30/h7-9,11-19,40H,5-6,10,20H2,1-4H3,(H,35,36,39). The van der Waals surface area contributed by atoms with Gasteiger partial charge in [-0.05, 0) is 67.1 Å². The quantitative estimate of drug-likeness (QED) is 0.200. The van der Waals surface area contributed by atoms with Gasteiger partial charge in [-0.15, -0.1) is 0 Å². The summed E-state index contributed by atoms with van der Waals surface area (Å²) in [7, 11) is 0. The Bertz CT molecular complexity index is 1740. The maximum Gasteiger partial charge on any atom is 0.439 e. The summed E-state index contributed by atoms with van der Waals surface area (Å²) < 4.78 is 12.0. The van der Waals surface area contributed by atoms with Crippen LogP contribution in [0.15, 0.2) is 82.1 Å². The SMILES string of the molecule is CCCc1nc(C(C)(C)O)c(C(=O)OCC)n1Cc1ccc(-c2cc(-c3ccccc3)ccc2-c2noc(=O)[nH]2)cc1. The van der Waals surface area contributed by atoms with Gasteiger partial charge in [0.15, 0.2) is 11.5 Å². The smallest absolute Gasteiger partial charge is 0.439 e. The summed E-state index contributed by atoms with van der Waals surface area (Å²) in [6.45, 7) is 7.63. The molecule has 0 radical (unpaired) electrons. The number of hydrogen-bond donors (Lipinski definition) is 2. The number of benzene rings is 3. The number of aromatic nitrogens is 4. The van der Waals surface area contributed by atoms with Crippen molar-refractivity contribution in [1.29, 1.82) is 0 Å². The van der Waals surface area contributed by atoms with Gasteiger partial charge in [0.05, 0.1) is 6.61 Å². The highest BCUT2D eigenvalue weighted by Gasteiger charge is 2.32. The van der Waals surface area contributed by atoms with Crippen molar-refractivity contribution >= 4 is 5.97 Å². The van der Waals surface area contributed by atoms with Crippen molar-refractivity contribution in [3.63, 3.8) is 0 Å². The van der Waals surface area contributed by atoms with Gasteiger partial charge in [-0.25, -0.2) is 14.6 Å². The molecule has 0 atom stereocenters. The van der Waals surface area contributed by atoms with E-state index in [2.05, 4.69) is 21.2 Å². The molecule has 5 rings (SSSR count). The van der Waals surface area contributed by atoms with Crippen molar-refractivity contribution in [3.8, 4) is 33.6 Å². The van der Waals surface area contributed by atoms with Gasteiger partial charge in [0, 0.05) is 18.5 Å². The number of imidazole rings is 1. The van der Waals surface area contributed by atoms with Gasteiger partial charge >= 0.3 is 11.7 Å². The van der Waals surface area contributed by atoms with Crippen LogP contribution in [0, 0.1) is 0 Å². The Morgan fingerprint density at radius 2 is 1.69 bits per heavy atom. The van der Waals surface area contributed by atoms with E-state index in [0.717, 1.165) is 45.6 Å². The van der Waals surface area contributed by atoms with E-state index in [1.807, 2.05) is 78.2 Å². The van der Waals surface area contributed by atoms with Crippen LogP contribution in [0.25, 0.3) is 33.6 Å². The maximum atomic E-state index is 13.1. The zero-order valence-corrected chi connectivity index (χ0v) is 24.2. The monoisotopic (exact) mass is 566 g/mol. The van der Waals surface area contributed by atoms with Gasteiger partial charge in [-0.2, -0.15) is 0 Å². The van der Waals surface area contributed by atoms with E-state index < -0.39 is 17.3 Å². The normalized spacial score (nSPS) is 11.5. The summed E-state index contributed by atoms with van der Waals surface area (Å²) in [4.78, 5) is 32.1. The Kier molecular flexibility index (Phi) is 8.22. The first kappa shape index (κ1) is 28.8. The van der Waals surface area contributed by atoms with Crippen LogP contribution in [0.4, 0.5) is 0 Å². The van der Waals surface area contributed by atoms with Gasteiger partial charge in [-0.1, -0.05) is 72.7 Å². The molecule has 0 aliphatic rings. The molecule has 0 bridgehead atoms. The van der Waals surface area contributed by atoms with Crippen LogP contribution in [0.2, 0.25) is 0 Å². The van der Waals surface area contributed by atoms with Crippen molar-refractivity contribution in [2.45, 2.75) is 52.7 Å². The van der Waals surface area contributed by atoms with Gasteiger partial charge in [0.25, 0.3) is 0 Å². The van der Waals surface area contributed by atoms with E-state index in [1.165, 1.54) is 0 Å². The van der Waals surface area contributed by atoms with Gasteiger partial charge in [-0.3, -0.25) is 9.51 Å². The maximum absolute atomic E-state index is 13.1. The molecule has 0 saturated carbocycles. The molecule has 216 valence electrons. The van der Waals surface area contributed by atoms with Crippen molar-refractivity contribution < 1.29 is 19.2 Å². The lowest BCUT2D eigenvalue weighted by molar-refractivity contribution is 0.0469. The average molecular weight is 567 g/mol. The third kappa shape index (κ3) is 5.96. The molecule has 5 aromatic rings. The third-order valence-corrected chi connectivity index (χ3v) is 7.00. The van der Waals surface area contributed by atoms with Crippen LogP contribution >= 0.6 is 0 Å². The Hall–Kier alpha value is -4.76. The number of aliphatic hydroxyl groups is 1. The fourth-order valence-corrected chi connectivity index (χ4v) is 5.03.